The van der Waals surface area contributed by atoms with Gasteiger partial charge in [-0.15, -0.1) is 0 Å². The summed E-state index contributed by atoms with van der Waals surface area (Å²) in [6.07, 6.45) is 6.31. The van der Waals surface area contributed by atoms with E-state index in [9.17, 15) is 18.0 Å². The van der Waals surface area contributed by atoms with Crippen LogP contribution < -0.4 is 9.62 Å². The van der Waals surface area contributed by atoms with E-state index < -0.39 is 28.5 Å². The Kier molecular flexibility index (Phi) is 10.9. The lowest BCUT2D eigenvalue weighted by atomic mass is 9.94. The highest BCUT2D eigenvalue weighted by molar-refractivity contribution is 7.92. The topological polar surface area (TPSA) is 86.8 Å². The molecule has 1 saturated carbocycles. The summed E-state index contributed by atoms with van der Waals surface area (Å²) in [5, 5.41) is 3.39. The van der Waals surface area contributed by atoms with Crippen molar-refractivity contribution in [3.05, 3.63) is 99.5 Å². The lowest BCUT2D eigenvalue weighted by Crippen LogP contribution is -2.55. The first-order valence-corrected chi connectivity index (χ1v) is 16.7. The van der Waals surface area contributed by atoms with E-state index in [-0.39, 0.29) is 40.6 Å². The quantitative estimate of drug-likeness (QED) is 0.275. The van der Waals surface area contributed by atoms with Crippen molar-refractivity contribution in [1.82, 2.24) is 10.2 Å². The Morgan fingerprint density at radius 2 is 1.57 bits per heavy atom. The van der Waals surface area contributed by atoms with E-state index in [4.69, 9.17) is 23.2 Å². The van der Waals surface area contributed by atoms with Gasteiger partial charge in [-0.2, -0.15) is 0 Å². The van der Waals surface area contributed by atoms with Gasteiger partial charge in [0.25, 0.3) is 0 Å². The van der Waals surface area contributed by atoms with Crippen LogP contribution in [0.1, 0.15) is 48.8 Å². The molecule has 0 heterocycles. The van der Waals surface area contributed by atoms with Gasteiger partial charge in [0.05, 0.1) is 22.0 Å². The molecule has 10 heteroatoms. The van der Waals surface area contributed by atoms with Crippen LogP contribution in [0.25, 0.3) is 0 Å². The van der Waals surface area contributed by atoms with Gasteiger partial charge >= 0.3 is 0 Å². The molecule has 0 saturated heterocycles. The van der Waals surface area contributed by atoms with Crippen LogP contribution in [0.2, 0.25) is 10.0 Å². The third-order valence-electron chi connectivity index (χ3n) is 7.58. The van der Waals surface area contributed by atoms with Crippen molar-refractivity contribution in [3.8, 4) is 0 Å². The third-order valence-corrected chi connectivity index (χ3v) is 9.51. The Morgan fingerprint density at radius 1 is 0.905 bits per heavy atom. The number of nitrogens with zero attached hydrogens (tertiary/aromatic N) is 2. The van der Waals surface area contributed by atoms with Gasteiger partial charge in [-0.25, -0.2) is 8.42 Å². The van der Waals surface area contributed by atoms with Crippen molar-refractivity contribution in [2.75, 3.05) is 17.1 Å². The van der Waals surface area contributed by atoms with Crippen LogP contribution in [0, 0.1) is 6.92 Å². The Bertz CT molecular complexity index is 1480. The summed E-state index contributed by atoms with van der Waals surface area (Å²) in [6.45, 7) is 1.55. The fourth-order valence-corrected chi connectivity index (χ4v) is 6.57. The molecular weight excluding hydrogens is 593 g/mol. The number of carbonyl (C=O) groups excluding carboxylic acids is 2. The molecule has 7 nitrogen and oxygen atoms in total. The first-order valence-electron chi connectivity index (χ1n) is 14.1. The second kappa shape index (κ2) is 14.4. The van der Waals surface area contributed by atoms with Crippen LogP contribution in [0.4, 0.5) is 5.69 Å². The van der Waals surface area contributed by atoms with E-state index in [0.29, 0.717) is 0 Å². The number of hydrogen-bond donors (Lipinski definition) is 1. The average molecular weight is 631 g/mol. The zero-order chi connectivity index (χ0) is 30.3. The highest BCUT2D eigenvalue weighted by Crippen LogP contribution is 2.34. The Hall–Kier alpha value is -3.07. The fraction of sp³-hybridized carbons (Fsp3) is 0.375. The number of halogens is 2. The predicted molar refractivity (Wildman–Crippen MR) is 169 cm³/mol. The normalized spacial score (nSPS) is 14.7. The van der Waals surface area contributed by atoms with Gasteiger partial charge in [0.2, 0.25) is 21.8 Å². The largest absolute Gasteiger partial charge is 0.352 e. The molecule has 1 atom stereocenters. The van der Waals surface area contributed by atoms with Crippen LogP contribution in [0.3, 0.4) is 0 Å². The fourth-order valence-electron chi connectivity index (χ4n) is 5.27. The maximum Gasteiger partial charge on any atom is 0.244 e. The van der Waals surface area contributed by atoms with Crippen molar-refractivity contribution in [1.29, 1.82) is 0 Å². The molecule has 224 valence electrons. The Balaban J connectivity index is 1.73. The summed E-state index contributed by atoms with van der Waals surface area (Å²) in [7, 11) is -3.95. The van der Waals surface area contributed by atoms with Crippen molar-refractivity contribution in [3.63, 3.8) is 0 Å². The first kappa shape index (κ1) is 31.9. The molecule has 3 aromatic carbocycles. The molecule has 0 spiro atoms. The first-order chi connectivity index (χ1) is 20.0. The molecule has 1 N–H and O–H groups in total. The van der Waals surface area contributed by atoms with Crippen LogP contribution in [-0.4, -0.2) is 50.0 Å². The molecule has 42 heavy (non-hydrogen) atoms. The summed E-state index contributed by atoms with van der Waals surface area (Å²) in [4.78, 5) is 29.7. The molecule has 0 aliphatic heterocycles. The number of anilines is 1. The number of aryl methyl sites for hydroxylation is 1. The molecule has 1 aliphatic carbocycles. The lowest BCUT2D eigenvalue weighted by molar-refractivity contribution is -0.140. The second-order valence-electron chi connectivity index (χ2n) is 10.9. The predicted octanol–water partition coefficient (Wildman–Crippen LogP) is 6.16. The number of hydrogen-bond acceptors (Lipinski definition) is 4. The van der Waals surface area contributed by atoms with Crippen molar-refractivity contribution >= 4 is 50.7 Å². The molecule has 0 aromatic heterocycles. The number of benzene rings is 3. The highest BCUT2D eigenvalue weighted by atomic mass is 35.5. The Morgan fingerprint density at radius 3 is 2.21 bits per heavy atom. The van der Waals surface area contributed by atoms with E-state index in [0.717, 1.165) is 59.4 Å². The van der Waals surface area contributed by atoms with Crippen molar-refractivity contribution < 1.29 is 18.0 Å². The van der Waals surface area contributed by atoms with Gasteiger partial charge in [0.15, 0.2) is 0 Å². The lowest BCUT2D eigenvalue weighted by Gasteiger charge is -2.35. The van der Waals surface area contributed by atoms with E-state index in [1.54, 1.807) is 12.1 Å². The van der Waals surface area contributed by atoms with E-state index in [1.807, 2.05) is 61.5 Å². The molecule has 2 amide bonds. The van der Waals surface area contributed by atoms with Gasteiger partial charge in [0, 0.05) is 19.0 Å². The minimum Gasteiger partial charge on any atom is -0.352 e. The highest BCUT2D eigenvalue weighted by Gasteiger charge is 2.34. The van der Waals surface area contributed by atoms with E-state index in [1.165, 1.54) is 11.0 Å². The van der Waals surface area contributed by atoms with E-state index in [2.05, 4.69) is 5.32 Å². The van der Waals surface area contributed by atoms with Gasteiger partial charge < -0.3 is 10.2 Å². The van der Waals surface area contributed by atoms with Gasteiger partial charge in [-0.3, -0.25) is 13.9 Å². The van der Waals surface area contributed by atoms with Crippen molar-refractivity contribution in [2.45, 2.75) is 64.1 Å². The minimum atomic E-state index is -3.95. The number of sulfonamides is 1. The maximum absolute atomic E-state index is 14.2. The molecule has 1 fully saturated rings. The van der Waals surface area contributed by atoms with Crippen LogP contribution in [-0.2, 0) is 32.6 Å². The molecule has 0 bridgehead atoms. The van der Waals surface area contributed by atoms with Gasteiger partial charge in [0.1, 0.15) is 12.6 Å². The van der Waals surface area contributed by atoms with E-state index >= 15 is 0 Å². The molecule has 4 rings (SSSR count). The smallest absolute Gasteiger partial charge is 0.244 e. The zero-order valence-electron chi connectivity index (χ0n) is 23.9. The summed E-state index contributed by atoms with van der Waals surface area (Å²) in [6, 6.07) is 21.0. The average Bonchev–Trinajstić information content (AvgIpc) is 2.96. The SMILES string of the molecule is Cc1ccc(CN(C(=O)CN(c2cccc(Cl)c2Cl)S(C)(=O)=O)[C@H](Cc2ccccc2)C(=O)NC2CCCCC2)cc1. The van der Waals surface area contributed by atoms with Crippen LogP contribution in [0.5, 0.6) is 0 Å². The number of rotatable bonds is 11. The summed E-state index contributed by atoms with van der Waals surface area (Å²) in [5.74, 6) is -0.783. The second-order valence-corrected chi connectivity index (χ2v) is 13.6. The summed E-state index contributed by atoms with van der Waals surface area (Å²) < 4.78 is 26.9. The number of nitrogens with one attached hydrogen (secondary N) is 1. The van der Waals surface area contributed by atoms with Gasteiger partial charge in [-0.1, -0.05) is 109 Å². The molecule has 1 aliphatic rings. The molecule has 0 unspecified atom stereocenters. The third kappa shape index (κ3) is 8.49. The number of carbonyl (C=O) groups is 2. The minimum absolute atomic E-state index is 0.0263. The molecular formula is C32H37Cl2N3O4S. The molecule has 3 aromatic rings. The summed E-state index contributed by atoms with van der Waals surface area (Å²) in [5.41, 5.74) is 2.87. The van der Waals surface area contributed by atoms with Crippen LogP contribution in [0.15, 0.2) is 72.8 Å². The van der Waals surface area contributed by atoms with Crippen LogP contribution >= 0.6 is 23.2 Å². The standard InChI is InChI=1S/C32H37Cl2N3O4S/c1-23-16-18-25(19-17-23)21-36(30(38)22-37(42(2,40)41)28-15-9-14-27(33)31(28)34)29(20-24-10-5-3-6-11-24)32(39)35-26-12-7-4-8-13-26/h3,5-6,9-11,14-19,26,29H,4,7-8,12-13,20-22H2,1-2H3,(H,35,39)/t29-/m1/s1. The zero-order valence-corrected chi connectivity index (χ0v) is 26.3. The summed E-state index contributed by atoms with van der Waals surface area (Å²) >= 11 is 12.6. The number of amides is 2. The van der Waals surface area contributed by atoms with Crippen molar-refractivity contribution in [2.24, 2.45) is 0 Å². The Labute approximate surface area is 258 Å². The molecule has 0 radical (unpaired) electrons. The maximum atomic E-state index is 14.2. The monoisotopic (exact) mass is 629 g/mol. The van der Waals surface area contributed by atoms with Gasteiger partial charge in [-0.05, 0) is 43.0 Å².